The molecule has 0 amide bonds. The molecular formula is C13H14FNOS. The number of hydrogen-bond donors (Lipinski definition) is 2. The van der Waals surface area contributed by atoms with Gasteiger partial charge in [-0.05, 0) is 17.5 Å². The smallest absolute Gasteiger partial charge is 0.127 e. The standard InChI is InChI=1S/C13H14FNOS/c14-11-5-2-1-4-10(11)8-15-9-12(16)13-6-3-7-17-13/h1-7,12,15-16H,8-9H2. The van der Waals surface area contributed by atoms with Crippen LogP contribution in [0.2, 0.25) is 0 Å². The second kappa shape index (κ2) is 5.91. The van der Waals surface area contributed by atoms with Crippen LogP contribution in [0.25, 0.3) is 0 Å². The van der Waals surface area contributed by atoms with Crippen molar-refractivity contribution >= 4 is 11.3 Å². The Morgan fingerprint density at radius 1 is 1.24 bits per heavy atom. The zero-order valence-electron chi connectivity index (χ0n) is 9.27. The van der Waals surface area contributed by atoms with Gasteiger partial charge in [0, 0.05) is 23.5 Å². The molecule has 4 heteroatoms. The summed E-state index contributed by atoms with van der Waals surface area (Å²) in [5.74, 6) is -0.217. The Kier molecular flexibility index (Phi) is 4.25. The summed E-state index contributed by atoms with van der Waals surface area (Å²) in [6, 6.07) is 10.4. The lowest BCUT2D eigenvalue weighted by atomic mass is 10.2. The zero-order valence-corrected chi connectivity index (χ0v) is 10.1. The molecule has 0 bridgehead atoms. The minimum atomic E-state index is -0.526. The van der Waals surface area contributed by atoms with Crippen molar-refractivity contribution in [3.8, 4) is 0 Å². The van der Waals surface area contributed by atoms with E-state index < -0.39 is 6.10 Å². The molecule has 0 fully saturated rings. The zero-order chi connectivity index (χ0) is 12.1. The molecule has 90 valence electrons. The van der Waals surface area contributed by atoms with E-state index in [1.165, 1.54) is 17.4 Å². The normalized spacial score (nSPS) is 12.6. The molecule has 17 heavy (non-hydrogen) atoms. The first kappa shape index (κ1) is 12.2. The molecule has 0 saturated heterocycles. The number of nitrogens with one attached hydrogen (secondary N) is 1. The summed E-state index contributed by atoms with van der Waals surface area (Å²) in [5, 5.41) is 14.8. The van der Waals surface area contributed by atoms with E-state index in [-0.39, 0.29) is 5.82 Å². The van der Waals surface area contributed by atoms with Crippen molar-refractivity contribution in [3.63, 3.8) is 0 Å². The summed E-state index contributed by atoms with van der Waals surface area (Å²) in [7, 11) is 0. The molecular weight excluding hydrogens is 237 g/mol. The number of aliphatic hydroxyl groups is 1. The maximum atomic E-state index is 13.3. The number of aliphatic hydroxyl groups excluding tert-OH is 1. The maximum Gasteiger partial charge on any atom is 0.127 e. The van der Waals surface area contributed by atoms with E-state index in [4.69, 9.17) is 0 Å². The lowest BCUT2D eigenvalue weighted by Crippen LogP contribution is -2.21. The van der Waals surface area contributed by atoms with Gasteiger partial charge in [-0.1, -0.05) is 24.3 Å². The lowest BCUT2D eigenvalue weighted by Gasteiger charge is -2.10. The van der Waals surface area contributed by atoms with Gasteiger partial charge in [0.25, 0.3) is 0 Å². The van der Waals surface area contributed by atoms with E-state index in [0.717, 1.165) is 4.88 Å². The maximum absolute atomic E-state index is 13.3. The quantitative estimate of drug-likeness (QED) is 0.856. The van der Waals surface area contributed by atoms with Crippen LogP contribution in [-0.4, -0.2) is 11.7 Å². The molecule has 2 rings (SSSR count). The first-order chi connectivity index (χ1) is 8.27. The fourth-order valence-corrected chi connectivity index (χ4v) is 2.28. The molecule has 2 N–H and O–H groups in total. The number of benzene rings is 1. The highest BCUT2D eigenvalue weighted by atomic mass is 32.1. The first-order valence-corrected chi connectivity index (χ1v) is 6.31. The van der Waals surface area contributed by atoms with Crippen molar-refractivity contribution in [2.75, 3.05) is 6.54 Å². The molecule has 0 aliphatic rings. The van der Waals surface area contributed by atoms with Gasteiger partial charge in [-0.3, -0.25) is 0 Å². The van der Waals surface area contributed by atoms with Crippen LogP contribution in [0.4, 0.5) is 4.39 Å². The summed E-state index contributed by atoms with van der Waals surface area (Å²) in [6.07, 6.45) is -0.526. The van der Waals surface area contributed by atoms with Crippen molar-refractivity contribution in [2.24, 2.45) is 0 Å². The molecule has 0 aliphatic carbocycles. The first-order valence-electron chi connectivity index (χ1n) is 5.43. The van der Waals surface area contributed by atoms with Crippen LogP contribution in [-0.2, 0) is 6.54 Å². The SMILES string of the molecule is OC(CNCc1ccccc1F)c1cccs1. The fraction of sp³-hybridized carbons (Fsp3) is 0.231. The van der Waals surface area contributed by atoms with Crippen molar-refractivity contribution in [3.05, 3.63) is 58.0 Å². The van der Waals surface area contributed by atoms with Crippen molar-refractivity contribution in [2.45, 2.75) is 12.6 Å². The monoisotopic (exact) mass is 251 g/mol. The van der Waals surface area contributed by atoms with E-state index >= 15 is 0 Å². The molecule has 1 aromatic heterocycles. The molecule has 0 radical (unpaired) electrons. The molecule has 1 aromatic carbocycles. The van der Waals surface area contributed by atoms with Crippen LogP contribution in [0, 0.1) is 5.82 Å². The van der Waals surface area contributed by atoms with Crippen molar-refractivity contribution < 1.29 is 9.50 Å². The third-order valence-electron chi connectivity index (χ3n) is 2.48. The van der Waals surface area contributed by atoms with E-state index in [1.54, 1.807) is 18.2 Å². The highest BCUT2D eigenvalue weighted by molar-refractivity contribution is 7.10. The van der Waals surface area contributed by atoms with Crippen molar-refractivity contribution in [1.29, 1.82) is 0 Å². The van der Waals surface area contributed by atoms with E-state index in [2.05, 4.69) is 5.32 Å². The molecule has 0 aliphatic heterocycles. The number of thiophene rings is 1. The summed E-state index contributed by atoms with van der Waals surface area (Å²) in [5.41, 5.74) is 0.617. The van der Waals surface area contributed by atoms with Gasteiger partial charge in [0.15, 0.2) is 0 Å². The highest BCUT2D eigenvalue weighted by Crippen LogP contribution is 2.17. The summed E-state index contributed by atoms with van der Waals surface area (Å²) >= 11 is 1.52. The Morgan fingerprint density at radius 3 is 2.76 bits per heavy atom. The average molecular weight is 251 g/mol. The molecule has 0 spiro atoms. The second-order valence-corrected chi connectivity index (χ2v) is 4.73. The Morgan fingerprint density at radius 2 is 2.06 bits per heavy atom. The Balaban J connectivity index is 1.82. The lowest BCUT2D eigenvalue weighted by molar-refractivity contribution is 0.178. The van der Waals surface area contributed by atoms with Gasteiger partial charge in [0.05, 0.1) is 0 Å². The van der Waals surface area contributed by atoms with Gasteiger partial charge >= 0.3 is 0 Å². The van der Waals surface area contributed by atoms with Crippen LogP contribution in [0.5, 0.6) is 0 Å². The van der Waals surface area contributed by atoms with Gasteiger partial charge in [-0.15, -0.1) is 11.3 Å². The van der Waals surface area contributed by atoms with Crippen LogP contribution < -0.4 is 5.32 Å². The molecule has 1 atom stereocenters. The molecule has 2 nitrogen and oxygen atoms in total. The van der Waals surface area contributed by atoms with Gasteiger partial charge < -0.3 is 10.4 Å². The van der Waals surface area contributed by atoms with Crippen LogP contribution in [0.3, 0.4) is 0 Å². The average Bonchev–Trinajstić information content (AvgIpc) is 2.85. The number of hydrogen-bond acceptors (Lipinski definition) is 3. The predicted octanol–water partition coefficient (Wildman–Crippen LogP) is 2.71. The van der Waals surface area contributed by atoms with Crippen LogP contribution >= 0.6 is 11.3 Å². The predicted molar refractivity (Wildman–Crippen MR) is 67.4 cm³/mol. The molecule has 0 saturated carbocycles. The van der Waals surface area contributed by atoms with Crippen LogP contribution in [0.1, 0.15) is 16.5 Å². The Labute approximate surface area is 104 Å². The minimum absolute atomic E-state index is 0.217. The van der Waals surface area contributed by atoms with E-state index in [0.29, 0.717) is 18.7 Å². The summed E-state index contributed by atoms with van der Waals surface area (Å²) < 4.78 is 13.3. The summed E-state index contributed by atoms with van der Waals surface area (Å²) in [6.45, 7) is 0.851. The highest BCUT2D eigenvalue weighted by Gasteiger charge is 2.08. The topological polar surface area (TPSA) is 32.3 Å². The number of rotatable bonds is 5. The third kappa shape index (κ3) is 3.36. The van der Waals surface area contributed by atoms with Crippen molar-refractivity contribution in [1.82, 2.24) is 5.32 Å². The van der Waals surface area contributed by atoms with Gasteiger partial charge in [0.1, 0.15) is 11.9 Å². The van der Waals surface area contributed by atoms with E-state index in [9.17, 15) is 9.50 Å². The summed E-state index contributed by atoms with van der Waals surface area (Å²) in [4.78, 5) is 0.922. The third-order valence-corrected chi connectivity index (χ3v) is 3.46. The van der Waals surface area contributed by atoms with Gasteiger partial charge in [0.2, 0.25) is 0 Å². The minimum Gasteiger partial charge on any atom is -0.386 e. The molecule has 1 unspecified atom stereocenters. The van der Waals surface area contributed by atoms with Gasteiger partial charge in [-0.25, -0.2) is 4.39 Å². The molecule has 1 heterocycles. The largest absolute Gasteiger partial charge is 0.386 e. The molecule has 2 aromatic rings. The van der Waals surface area contributed by atoms with Gasteiger partial charge in [-0.2, -0.15) is 0 Å². The van der Waals surface area contributed by atoms with E-state index in [1.807, 2.05) is 17.5 Å². The second-order valence-electron chi connectivity index (χ2n) is 3.75. The Hall–Kier alpha value is -1.23. The Bertz CT molecular complexity index is 458. The fourth-order valence-electron chi connectivity index (χ4n) is 1.57. The number of halogens is 1. The van der Waals surface area contributed by atoms with Crippen LogP contribution in [0.15, 0.2) is 41.8 Å².